The maximum atomic E-state index is 13.7. The van der Waals surface area contributed by atoms with Gasteiger partial charge in [-0.2, -0.15) is 13.2 Å². The lowest BCUT2D eigenvalue weighted by atomic mass is 10.1. The molecular weight excluding hydrogens is 519 g/mol. The molecule has 2 amide bonds. The maximum absolute atomic E-state index is 13.7. The van der Waals surface area contributed by atoms with Crippen molar-refractivity contribution in [1.82, 2.24) is 14.4 Å². The molecular formula is C31H28F3N3O3. The van der Waals surface area contributed by atoms with Gasteiger partial charge in [0.15, 0.2) is 0 Å². The Morgan fingerprint density at radius 3 is 2.00 bits per heavy atom. The molecule has 0 saturated carbocycles. The number of benzene rings is 3. The van der Waals surface area contributed by atoms with E-state index in [0.717, 1.165) is 34.8 Å². The van der Waals surface area contributed by atoms with Crippen molar-refractivity contribution in [2.24, 2.45) is 0 Å². The summed E-state index contributed by atoms with van der Waals surface area (Å²) >= 11 is 0. The highest BCUT2D eigenvalue weighted by molar-refractivity contribution is 5.98. The summed E-state index contributed by atoms with van der Waals surface area (Å²) in [6, 6.07) is 23.5. The van der Waals surface area contributed by atoms with Crippen LogP contribution in [0.1, 0.15) is 32.0 Å². The van der Waals surface area contributed by atoms with Crippen LogP contribution in [0, 0.1) is 6.92 Å². The van der Waals surface area contributed by atoms with E-state index in [1.165, 1.54) is 12.1 Å². The number of amides is 2. The van der Waals surface area contributed by atoms with Crippen molar-refractivity contribution in [2.75, 3.05) is 33.3 Å². The highest BCUT2D eigenvalue weighted by Crippen LogP contribution is 2.32. The van der Waals surface area contributed by atoms with Crippen LogP contribution in [-0.2, 0) is 6.18 Å². The molecule has 0 aliphatic carbocycles. The summed E-state index contributed by atoms with van der Waals surface area (Å²) in [5.41, 5.74) is 3.40. The first-order chi connectivity index (χ1) is 19.2. The molecule has 0 atom stereocenters. The Hall–Kier alpha value is -4.53. The first-order valence-corrected chi connectivity index (χ1v) is 12.9. The third kappa shape index (κ3) is 5.32. The van der Waals surface area contributed by atoms with Gasteiger partial charge in [-0.15, -0.1) is 0 Å². The molecule has 40 heavy (non-hydrogen) atoms. The number of nitrogens with zero attached hydrogens (tertiary/aromatic N) is 3. The summed E-state index contributed by atoms with van der Waals surface area (Å²) in [6.07, 6.45) is -4.46. The molecule has 0 spiro atoms. The molecule has 6 nitrogen and oxygen atoms in total. The molecule has 2 heterocycles. The summed E-state index contributed by atoms with van der Waals surface area (Å²) in [5, 5.41) is 0. The van der Waals surface area contributed by atoms with E-state index in [1.54, 1.807) is 16.9 Å². The molecule has 5 rings (SSSR count). The first-order valence-electron chi connectivity index (χ1n) is 12.9. The van der Waals surface area contributed by atoms with Gasteiger partial charge < -0.3 is 19.1 Å². The molecule has 3 aromatic carbocycles. The summed E-state index contributed by atoms with van der Waals surface area (Å²) < 4.78 is 46.1. The van der Waals surface area contributed by atoms with Crippen molar-refractivity contribution >= 4 is 11.8 Å². The van der Waals surface area contributed by atoms with Gasteiger partial charge in [0.2, 0.25) is 0 Å². The van der Waals surface area contributed by atoms with Crippen LogP contribution in [0.5, 0.6) is 5.75 Å². The van der Waals surface area contributed by atoms with Crippen molar-refractivity contribution < 1.29 is 27.5 Å². The molecule has 1 aromatic heterocycles. The van der Waals surface area contributed by atoms with E-state index in [1.807, 2.05) is 72.2 Å². The first kappa shape index (κ1) is 27.1. The van der Waals surface area contributed by atoms with Crippen molar-refractivity contribution in [3.8, 4) is 22.7 Å². The summed E-state index contributed by atoms with van der Waals surface area (Å²) in [7, 11) is 1.61. The summed E-state index contributed by atoms with van der Waals surface area (Å²) in [6.45, 7) is 3.11. The van der Waals surface area contributed by atoms with E-state index in [-0.39, 0.29) is 30.5 Å². The third-order valence-electron chi connectivity index (χ3n) is 7.17. The van der Waals surface area contributed by atoms with Crippen LogP contribution in [0.4, 0.5) is 13.2 Å². The molecule has 0 N–H and O–H groups in total. The van der Waals surface area contributed by atoms with E-state index in [2.05, 4.69) is 0 Å². The number of halogens is 3. The average Bonchev–Trinajstić information content (AvgIpc) is 3.33. The predicted octanol–water partition coefficient (Wildman–Crippen LogP) is 6.08. The minimum atomic E-state index is -4.46. The van der Waals surface area contributed by atoms with Crippen LogP contribution < -0.4 is 4.74 Å². The van der Waals surface area contributed by atoms with Crippen LogP contribution in [0.3, 0.4) is 0 Å². The summed E-state index contributed by atoms with van der Waals surface area (Å²) in [4.78, 5) is 29.9. The highest BCUT2D eigenvalue weighted by Gasteiger charge is 2.31. The smallest absolute Gasteiger partial charge is 0.416 e. The lowest BCUT2D eigenvalue weighted by molar-refractivity contribution is -0.137. The fourth-order valence-corrected chi connectivity index (χ4v) is 5.00. The average molecular weight is 548 g/mol. The number of alkyl halides is 3. The van der Waals surface area contributed by atoms with Gasteiger partial charge in [0.25, 0.3) is 11.8 Å². The van der Waals surface area contributed by atoms with Crippen molar-refractivity contribution in [3.63, 3.8) is 0 Å². The second kappa shape index (κ2) is 10.9. The minimum Gasteiger partial charge on any atom is -0.497 e. The lowest BCUT2D eigenvalue weighted by Gasteiger charge is -2.35. The predicted molar refractivity (Wildman–Crippen MR) is 146 cm³/mol. The van der Waals surface area contributed by atoms with E-state index in [9.17, 15) is 22.8 Å². The van der Waals surface area contributed by atoms with Crippen molar-refractivity contribution in [3.05, 3.63) is 107 Å². The molecule has 1 saturated heterocycles. The third-order valence-corrected chi connectivity index (χ3v) is 7.17. The molecule has 1 aliphatic rings. The molecule has 0 radical (unpaired) electrons. The fourth-order valence-electron chi connectivity index (χ4n) is 5.00. The van der Waals surface area contributed by atoms with Crippen molar-refractivity contribution in [2.45, 2.75) is 13.1 Å². The van der Waals surface area contributed by atoms with Gasteiger partial charge in [0.1, 0.15) is 5.75 Å². The number of hydrogen-bond acceptors (Lipinski definition) is 3. The Kier molecular flexibility index (Phi) is 7.38. The molecule has 9 heteroatoms. The maximum Gasteiger partial charge on any atom is 0.416 e. The zero-order valence-corrected chi connectivity index (χ0v) is 22.1. The van der Waals surface area contributed by atoms with Gasteiger partial charge in [-0.3, -0.25) is 9.59 Å². The van der Waals surface area contributed by atoms with Gasteiger partial charge in [-0.1, -0.05) is 30.3 Å². The van der Waals surface area contributed by atoms with Crippen LogP contribution in [0.25, 0.3) is 16.9 Å². The van der Waals surface area contributed by atoms with Crippen LogP contribution in [0.15, 0.2) is 84.9 Å². The van der Waals surface area contributed by atoms with E-state index >= 15 is 0 Å². The topological polar surface area (TPSA) is 54.8 Å². The molecule has 0 bridgehead atoms. The highest BCUT2D eigenvalue weighted by atomic mass is 19.4. The minimum absolute atomic E-state index is 0.141. The number of para-hydroxylation sites is 1. The Balaban J connectivity index is 1.37. The molecule has 4 aromatic rings. The van der Waals surface area contributed by atoms with Crippen LogP contribution >= 0.6 is 0 Å². The number of carbonyl (C=O) groups is 2. The number of methoxy groups -OCH3 is 1. The number of rotatable bonds is 5. The van der Waals surface area contributed by atoms with E-state index in [4.69, 9.17) is 4.74 Å². The van der Waals surface area contributed by atoms with Crippen molar-refractivity contribution in [1.29, 1.82) is 0 Å². The standard InChI is InChI=1S/C31H28F3N3O3/c1-21-27(20-28(23-7-6-10-26(19-23)40-2)37(21)25-8-4-3-5-9-25)30(39)36-17-15-35(16-18-36)29(38)22-11-13-24(14-12-22)31(32,33)34/h3-14,19-20H,15-18H2,1-2H3. The molecule has 1 aliphatic heterocycles. The van der Waals surface area contributed by atoms with Crippen LogP contribution in [0.2, 0.25) is 0 Å². The van der Waals surface area contributed by atoms with Gasteiger partial charge in [0, 0.05) is 48.7 Å². The second-order valence-electron chi connectivity index (χ2n) is 9.59. The molecule has 206 valence electrons. The number of aromatic nitrogens is 1. The lowest BCUT2D eigenvalue weighted by Crippen LogP contribution is -2.50. The monoisotopic (exact) mass is 547 g/mol. The van der Waals surface area contributed by atoms with Gasteiger partial charge >= 0.3 is 6.18 Å². The SMILES string of the molecule is COc1cccc(-c2cc(C(=O)N3CCN(C(=O)c4ccc(C(F)(F)F)cc4)CC3)c(C)n2-c2ccccc2)c1. The van der Waals surface area contributed by atoms with E-state index < -0.39 is 11.7 Å². The van der Waals surface area contributed by atoms with E-state index in [0.29, 0.717) is 24.4 Å². The normalized spacial score (nSPS) is 13.8. The number of ether oxygens (including phenoxy) is 1. The Bertz CT molecular complexity index is 1520. The van der Waals surface area contributed by atoms with Gasteiger partial charge in [-0.25, -0.2) is 0 Å². The summed E-state index contributed by atoms with van der Waals surface area (Å²) in [5.74, 6) is 0.211. The number of piperazine rings is 1. The van der Waals surface area contributed by atoms with Gasteiger partial charge in [-0.05, 0) is 61.5 Å². The Labute approximate surface area is 230 Å². The Morgan fingerprint density at radius 2 is 1.40 bits per heavy atom. The zero-order valence-electron chi connectivity index (χ0n) is 22.1. The largest absolute Gasteiger partial charge is 0.497 e. The van der Waals surface area contributed by atoms with Gasteiger partial charge in [0.05, 0.1) is 23.9 Å². The number of carbonyl (C=O) groups excluding carboxylic acids is 2. The second-order valence-corrected chi connectivity index (χ2v) is 9.59. The number of hydrogen-bond donors (Lipinski definition) is 0. The molecule has 1 fully saturated rings. The quantitative estimate of drug-likeness (QED) is 0.305. The Morgan fingerprint density at radius 1 is 0.775 bits per heavy atom. The fraction of sp³-hybridized carbons (Fsp3) is 0.226. The molecule has 0 unspecified atom stereocenters. The van der Waals surface area contributed by atoms with Crippen LogP contribution in [-0.4, -0.2) is 59.5 Å². The zero-order chi connectivity index (χ0) is 28.4.